The van der Waals surface area contributed by atoms with E-state index in [9.17, 15) is 9.59 Å². The van der Waals surface area contributed by atoms with Gasteiger partial charge in [-0.2, -0.15) is 0 Å². The summed E-state index contributed by atoms with van der Waals surface area (Å²) in [5.74, 6) is 0.728. The zero-order valence-corrected chi connectivity index (χ0v) is 19.6. The number of anilines is 1. The van der Waals surface area contributed by atoms with Gasteiger partial charge in [-0.1, -0.05) is 13.0 Å². The highest BCUT2D eigenvalue weighted by atomic mass is 32.1. The fraction of sp³-hybridized carbons (Fsp3) is 0.478. The molecule has 0 saturated carbocycles. The van der Waals surface area contributed by atoms with E-state index in [1.54, 1.807) is 6.92 Å². The average molecular weight is 448 g/mol. The predicted molar refractivity (Wildman–Crippen MR) is 120 cm³/mol. The van der Waals surface area contributed by atoms with Crippen LogP contribution in [0.3, 0.4) is 0 Å². The maximum absolute atomic E-state index is 12.7. The summed E-state index contributed by atoms with van der Waals surface area (Å²) in [5.41, 5.74) is 1.41. The highest BCUT2D eigenvalue weighted by molar-refractivity contribution is 7.18. The normalized spacial score (nSPS) is 13.6. The van der Waals surface area contributed by atoms with Crippen LogP contribution in [0, 0.1) is 6.92 Å². The molecule has 1 aromatic heterocycles. The molecule has 2 heterocycles. The molecule has 8 heteroatoms. The van der Waals surface area contributed by atoms with Crippen LogP contribution < -0.4 is 14.8 Å². The fourth-order valence-electron chi connectivity index (χ4n) is 3.39. The second-order valence-corrected chi connectivity index (χ2v) is 9.37. The molecule has 0 saturated heterocycles. The van der Waals surface area contributed by atoms with Gasteiger partial charge in [-0.15, -0.1) is 11.3 Å². The molecule has 1 unspecified atom stereocenters. The van der Waals surface area contributed by atoms with Gasteiger partial charge in [0.25, 0.3) is 0 Å². The molecule has 1 aromatic carbocycles. The Kier molecular flexibility index (Phi) is 6.79. The number of benzene rings is 1. The van der Waals surface area contributed by atoms with Crippen molar-refractivity contribution in [3.63, 3.8) is 0 Å². The molecule has 0 fully saturated rings. The molecule has 3 rings (SSSR count). The van der Waals surface area contributed by atoms with E-state index in [1.165, 1.54) is 18.4 Å². The Hall–Kier alpha value is -2.74. The van der Waals surface area contributed by atoms with Gasteiger partial charge in [0.2, 0.25) is 6.79 Å². The van der Waals surface area contributed by atoms with Gasteiger partial charge in [0, 0.05) is 12.5 Å². The van der Waals surface area contributed by atoms with E-state index in [0.717, 1.165) is 23.5 Å². The summed E-state index contributed by atoms with van der Waals surface area (Å²) in [4.78, 5) is 25.5. The van der Waals surface area contributed by atoms with Crippen molar-refractivity contribution in [3.05, 3.63) is 39.8 Å². The van der Waals surface area contributed by atoms with E-state index >= 15 is 0 Å². The molecule has 0 bridgehead atoms. The van der Waals surface area contributed by atoms with Crippen molar-refractivity contribution < 1.29 is 28.5 Å². The molecule has 1 atom stereocenters. The molecule has 7 nitrogen and oxygen atoms in total. The lowest BCUT2D eigenvalue weighted by atomic mass is 9.96. The van der Waals surface area contributed by atoms with Gasteiger partial charge in [-0.3, -0.25) is 0 Å². The molecule has 0 aliphatic carbocycles. The smallest absolute Gasteiger partial charge is 0.349 e. The Morgan fingerprint density at radius 2 is 1.90 bits per heavy atom. The van der Waals surface area contributed by atoms with Crippen molar-refractivity contribution in [1.82, 2.24) is 0 Å². The highest BCUT2D eigenvalue weighted by Crippen LogP contribution is 2.37. The second kappa shape index (κ2) is 9.18. The van der Waals surface area contributed by atoms with Crippen LogP contribution in [0.1, 0.15) is 71.2 Å². The van der Waals surface area contributed by atoms with Gasteiger partial charge >= 0.3 is 11.9 Å². The summed E-state index contributed by atoms with van der Waals surface area (Å²) in [6.45, 7) is 10.1. The van der Waals surface area contributed by atoms with E-state index in [4.69, 9.17) is 18.9 Å². The van der Waals surface area contributed by atoms with Crippen LogP contribution in [0.4, 0.5) is 5.00 Å². The third-order valence-electron chi connectivity index (χ3n) is 4.99. The molecular formula is C23H29NO6S. The van der Waals surface area contributed by atoms with E-state index in [2.05, 4.69) is 12.2 Å². The van der Waals surface area contributed by atoms with Crippen LogP contribution in [-0.2, 0) is 9.47 Å². The first-order valence-electron chi connectivity index (χ1n) is 10.2. The van der Waals surface area contributed by atoms with Crippen molar-refractivity contribution in [1.29, 1.82) is 0 Å². The lowest BCUT2D eigenvalue weighted by Gasteiger charge is -2.19. The number of fused-ring (bicyclic) bond motifs is 1. The summed E-state index contributed by atoms with van der Waals surface area (Å²) in [6.07, 6.45) is 0.878. The molecule has 2 aromatic rings. The van der Waals surface area contributed by atoms with Gasteiger partial charge in [-0.05, 0) is 57.4 Å². The SMILES string of the molecule is CCC(CNc1sc(C(=O)OC(C)(C)C)c(C)c1C(=O)OC)c1ccc2c(c1)OCO2. The van der Waals surface area contributed by atoms with Crippen LogP contribution in [0.15, 0.2) is 18.2 Å². The predicted octanol–water partition coefficient (Wildman–Crippen LogP) is 5.13. The van der Waals surface area contributed by atoms with Gasteiger partial charge in [0.1, 0.15) is 15.5 Å². The van der Waals surface area contributed by atoms with Gasteiger partial charge in [-0.25, -0.2) is 9.59 Å². The number of thiophene rings is 1. The summed E-state index contributed by atoms with van der Waals surface area (Å²) in [6, 6.07) is 5.93. The number of hydrogen-bond acceptors (Lipinski definition) is 8. The third-order valence-corrected chi connectivity index (χ3v) is 6.22. The van der Waals surface area contributed by atoms with E-state index in [1.807, 2.05) is 39.0 Å². The second-order valence-electron chi connectivity index (χ2n) is 8.35. The average Bonchev–Trinajstić information content (AvgIpc) is 3.30. The number of carbonyl (C=O) groups is 2. The van der Waals surface area contributed by atoms with Crippen molar-refractivity contribution in [2.75, 3.05) is 25.8 Å². The van der Waals surface area contributed by atoms with Gasteiger partial charge in [0.05, 0.1) is 12.7 Å². The quantitative estimate of drug-likeness (QED) is 0.589. The molecule has 31 heavy (non-hydrogen) atoms. The minimum atomic E-state index is -0.626. The molecule has 1 aliphatic heterocycles. The summed E-state index contributed by atoms with van der Waals surface area (Å²) in [5, 5.41) is 3.96. The van der Waals surface area contributed by atoms with Crippen LogP contribution in [0.25, 0.3) is 0 Å². The van der Waals surface area contributed by atoms with Crippen molar-refractivity contribution in [3.8, 4) is 11.5 Å². The monoisotopic (exact) mass is 447 g/mol. The first-order valence-corrected chi connectivity index (χ1v) is 11.0. The topological polar surface area (TPSA) is 83.1 Å². The third kappa shape index (κ3) is 5.12. The van der Waals surface area contributed by atoms with Gasteiger partial charge < -0.3 is 24.3 Å². The summed E-state index contributed by atoms with van der Waals surface area (Å²) in [7, 11) is 1.33. The standard InChI is InChI=1S/C23H29NO6S/c1-7-14(15-8-9-16-17(10-15)29-12-28-16)11-24-20-18(21(25)27-6)13(2)19(31-20)22(26)30-23(3,4)5/h8-10,14,24H,7,11-12H2,1-6H3. The molecular weight excluding hydrogens is 418 g/mol. The minimum Gasteiger partial charge on any atom is -0.465 e. The van der Waals surface area contributed by atoms with Crippen molar-refractivity contribution >= 4 is 28.3 Å². The largest absolute Gasteiger partial charge is 0.465 e. The first-order chi connectivity index (χ1) is 14.6. The van der Waals surface area contributed by atoms with Crippen LogP contribution in [0.2, 0.25) is 0 Å². The molecule has 168 valence electrons. The Balaban J connectivity index is 1.84. The van der Waals surface area contributed by atoms with Crippen LogP contribution in [0.5, 0.6) is 11.5 Å². The zero-order chi connectivity index (χ0) is 22.8. The number of hydrogen-bond donors (Lipinski definition) is 1. The Labute approximate surface area is 186 Å². The molecule has 0 radical (unpaired) electrons. The summed E-state index contributed by atoms with van der Waals surface area (Å²) < 4.78 is 21.4. The van der Waals surface area contributed by atoms with Crippen molar-refractivity contribution in [2.24, 2.45) is 0 Å². The lowest BCUT2D eigenvalue weighted by Crippen LogP contribution is -2.23. The van der Waals surface area contributed by atoms with E-state index < -0.39 is 17.5 Å². The maximum atomic E-state index is 12.7. The number of esters is 2. The van der Waals surface area contributed by atoms with Gasteiger partial charge in [0.15, 0.2) is 11.5 Å². The van der Waals surface area contributed by atoms with E-state index in [-0.39, 0.29) is 12.7 Å². The van der Waals surface area contributed by atoms with Crippen LogP contribution in [-0.4, -0.2) is 38.0 Å². The zero-order valence-electron chi connectivity index (χ0n) is 18.8. The fourth-order valence-corrected chi connectivity index (χ4v) is 4.46. The van der Waals surface area contributed by atoms with E-state index in [0.29, 0.717) is 27.5 Å². The Bertz CT molecular complexity index is 975. The number of methoxy groups -OCH3 is 1. The highest BCUT2D eigenvalue weighted by Gasteiger charge is 2.28. The number of nitrogens with one attached hydrogen (secondary N) is 1. The molecule has 1 N–H and O–H groups in total. The minimum absolute atomic E-state index is 0.173. The number of carbonyl (C=O) groups excluding carboxylic acids is 2. The summed E-state index contributed by atoms with van der Waals surface area (Å²) >= 11 is 1.22. The first kappa shape index (κ1) is 22.9. The Morgan fingerprint density at radius 3 is 2.55 bits per heavy atom. The molecule has 0 spiro atoms. The molecule has 1 aliphatic rings. The Morgan fingerprint density at radius 1 is 1.19 bits per heavy atom. The van der Waals surface area contributed by atoms with Crippen molar-refractivity contribution in [2.45, 2.75) is 52.6 Å². The van der Waals surface area contributed by atoms with Crippen LogP contribution >= 0.6 is 11.3 Å². The maximum Gasteiger partial charge on any atom is 0.349 e. The molecule has 0 amide bonds. The number of ether oxygens (including phenoxy) is 4. The lowest BCUT2D eigenvalue weighted by molar-refractivity contribution is 0.00745. The number of rotatable bonds is 7.